The molecule has 0 fully saturated rings. The van der Waals surface area contributed by atoms with E-state index < -0.39 is 6.04 Å². The van der Waals surface area contributed by atoms with Crippen molar-refractivity contribution in [3.63, 3.8) is 0 Å². The molecule has 3 N–H and O–H groups in total. The van der Waals surface area contributed by atoms with Crippen LogP contribution in [0.1, 0.15) is 51.2 Å². The van der Waals surface area contributed by atoms with Gasteiger partial charge in [0.1, 0.15) is 0 Å². The fourth-order valence-corrected chi connectivity index (χ4v) is 1.96. The normalized spacial score (nSPS) is 12.8. The van der Waals surface area contributed by atoms with E-state index in [0.29, 0.717) is 18.4 Å². The molecule has 0 saturated heterocycles. The van der Waals surface area contributed by atoms with Crippen LogP contribution in [0.4, 0.5) is 0 Å². The maximum atomic E-state index is 11.8. The topological polar surface area (TPSA) is 55.1 Å². The van der Waals surface area contributed by atoms with E-state index in [1.54, 1.807) is 0 Å². The molecule has 1 aromatic carbocycles. The summed E-state index contributed by atoms with van der Waals surface area (Å²) in [6.07, 6.45) is 0.720. The molecule has 0 aromatic heterocycles. The Morgan fingerprint density at radius 1 is 1.16 bits per heavy atom. The van der Waals surface area contributed by atoms with Crippen LogP contribution in [-0.4, -0.2) is 11.9 Å². The van der Waals surface area contributed by atoms with Crippen LogP contribution in [0.3, 0.4) is 0 Å². The number of rotatable bonds is 6. The molecule has 0 bridgehead atoms. The van der Waals surface area contributed by atoms with Crippen LogP contribution in [0.5, 0.6) is 0 Å². The Kier molecular flexibility index (Phi) is 6.03. The van der Waals surface area contributed by atoms with E-state index in [2.05, 4.69) is 57.3 Å². The highest BCUT2D eigenvalue weighted by Gasteiger charge is 2.14. The van der Waals surface area contributed by atoms with Crippen molar-refractivity contribution in [3.05, 3.63) is 35.4 Å². The first-order chi connectivity index (χ1) is 8.90. The molecule has 0 unspecified atom stereocenters. The van der Waals surface area contributed by atoms with Gasteiger partial charge in [0.05, 0.1) is 6.04 Å². The molecule has 19 heavy (non-hydrogen) atoms. The minimum atomic E-state index is -0.407. The number of carbonyl (C=O) groups excluding carboxylic acids is 1. The van der Waals surface area contributed by atoms with E-state index in [1.807, 2.05) is 0 Å². The van der Waals surface area contributed by atoms with Gasteiger partial charge in [-0.2, -0.15) is 0 Å². The standard InChI is InChI=1S/C16H26N2O/c1-11(2)9-15(17)16(19)18-10-13-5-7-14(8-6-13)12(3)4/h5-8,11-12,15H,9-10,17H2,1-4H3,(H,18,19)/t15-/m0/s1. The number of nitrogens with two attached hydrogens (primary N) is 1. The lowest BCUT2D eigenvalue weighted by Crippen LogP contribution is -2.41. The minimum absolute atomic E-state index is 0.0679. The van der Waals surface area contributed by atoms with Crippen molar-refractivity contribution in [2.75, 3.05) is 0 Å². The van der Waals surface area contributed by atoms with Crippen LogP contribution >= 0.6 is 0 Å². The van der Waals surface area contributed by atoms with Crippen molar-refractivity contribution in [2.24, 2.45) is 11.7 Å². The van der Waals surface area contributed by atoms with E-state index in [-0.39, 0.29) is 5.91 Å². The summed E-state index contributed by atoms with van der Waals surface area (Å²) in [7, 11) is 0. The lowest BCUT2D eigenvalue weighted by atomic mass is 10.0. The van der Waals surface area contributed by atoms with Gasteiger partial charge in [0.25, 0.3) is 0 Å². The maximum absolute atomic E-state index is 11.8. The maximum Gasteiger partial charge on any atom is 0.237 e. The first kappa shape index (κ1) is 15.7. The van der Waals surface area contributed by atoms with Crippen LogP contribution in [-0.2, 0) is 11.3 Å². The highest BCUT2D eigenvalue weighted by Crippen LogP contribution is 2.14. The van der Waals surface area contributed by atoms with Crippen LogP contribution in [0, 0.1) is 5.92 Å². The molecule has 3 nitrogen and oxygen atoms in total. The zero-order chi connectivity index (χ0) is 14.4. The summed E-state index contributed by atoms with van der Waals surface area (Å²) < 4.78 is 0. The van der Waals surface area contributed by atoms with E-state index in [0.717, 1.165) is 12.0 Å². The lowest BCUT2D eigenvalue weighted by Gasteiger charge is -2.14. The fraction of sp³-hybridized carbons (Fsp3) is 0.562. The predicted molar refractivity (Wildman–Crippen MR) is 79.8 cm³/mol. The molecule has 0 aliphatic rings. The fourth-order valence-electron chi connectivity index (χ4n) is 1.96. The highest BCUT2D eigenvalue weighted by molar-refractivity contribution is 5.81. The van der Waals surface area contributed by atoms with E-state index in [9.17, 15) is 4.79 Å². The lowest BCUT2D eigenvalue weighted by molar-refractivity contribution is -0.122. The smallest absolute Gasteiger partial charge is 0.237 e. The summed E-state index contributed by atoms with van der Waals surface area (Å²) in [6, 6.07) is 7.93. The number of hydrogen-bond donors (Lipinski definition) is 2. The van der Waals surface area contributed by atoms with Crippen LogP contribution in [0.2, 0.25) is 0 Å². The Labute approximate surface area is 116 Å². The van der Waals surface area contributed by atoms with E-state index in [4.69, 9.17) is 5.73 Å². The molecule has 0 saturated carbocycles. The number of amides is 1. The van der Waals surface area contributed by atoms with Gasteiger partial charge in [0.2, 0.25) is 5.91 Å². The van der Waals surface area contributed by atoms with Crippen molar-refractivity contribution >= 4 is 5.91 Å². The molecule has 0 aliphatic carbocycles. The van der Waals surface area contributed by atoms with Crippen molar-refractivity contribution in [1.29, 1.82) is 0 Å². The van der Waals surface area contributed by atoms with Gasteiger partial charge in [-0.1, -0.05) is 52.0 Å². The van der Waals surface area contributed by atoms with Crippen LogP contribution in [0.25, 0.3) is 0 Å². The molecule has 0 aliphatic heterocycles. The van der Waals surface area contributed by atoms with Gasteiger partial charge in [0.15, 0.2) is 0 Å². The van der Waals surface area contributed by atoms with Crippen molar-refractivity contribution < 1.29 is 4.79 Å². The van der Waals surface area contributed by atoms with Crippen LogP contribution in [0.15, 0.2) is 24.3 Å². The summed E-state index contributed by atoms with van der Waals surface area (Å²) in [6.45, 7) is 9.02. The monoisotopic (exact) mass is 262 g/mol. The first-order valence-electron chi connectivity index (χ1n) is 7.02. The summed E-state index contributed by atoms with van der Waals surface area (Å²) in [4.78, 5) is 11.8. The SMILES string of the molecule is CC(C)C[C@H](N)C(=O)NCc1ccc(C(C)C)cc1. The molecule has 1 amide bonds. The van der Waals surface area contributed by atoms with Gasteiger partial charge in [-0.25, -0.2) is 0 Å². The molecule has 0 spiro atoms. The van der Waals surface area contributed by atoms with Gasteiger partial charge in [-0.3, -0.25) is 4.79 Å². The molecule has 1 atom stereocenters. The second-order valence-electron chi connectivity index (χ2n) is 5.85. The Bertz CT molecular complexity index is 396. The van der Waals surface area contributed by atoms with Crippen molar-refractivity contribution in [1.82, 2.24) is 5.32 Å². The minimum Gasteiger partial charge on any atom is -0.351 e. The molecular weight excluding hydrogens is 236 g/mol. The molecule has 3 heteroatoms. The van der Waals surface area contributed by atoms with Gasteiger partial charge < -0.3 is 11.1 Å². The summed E-state index contributed by atoms with van der Waals surface area (Å²) >= 11 is 0. The molecule has 106 valence electrons. The Morgan fingerprint density at radius 2 is 1.74 bits per heavy atom. The third kappa shape index (κ3) is 5.43. The predicted octanol–water partition coefficient (Wildman–Crippen LogP) is 2.80. The number of benzene rings is 1. The average molecular weight is 262 g/mol. The summed E-state index contributed by atoms with van der Waals surface area (Å²) in [5.41, 5.74) is 8.25. The Hall–Kier alpha value is -1.35. The molecule has 1 aromatic rings. The first-order valence-corrected chi connectivity index (χ1v) is 7.02. The van der Waals surface area contributed by atoms with E-state index in [1.165, 1.54) is 5.56 Å². The third-order valence-electron chi connectivity index (χ3n) is 3.18. The second kappa shape index (κ2) is 7.29. The summed E-state index contributed by atoms with van der Waals surface area (Å²) in [5.74, 6) is 0.899. The van der Waals surface area contributed by atoms with Gasteiger partial charge in [-0.05, 0) is 29.4 Å². The molecule has 0 radical (unpaired) electrons. The van der Waals surface area contributed by atoms with Gasteiger partial charge in [0, 0.05) is 6.54 Å². The average Bonchev–Trinajstić information content (AvgIpc) is 2.35. The number of hydrogen-bond acceptors (Lipinski definition) is 2. The zero-order valence-corrected chi connectivity index (χ0v) is 12.4. The Morgan fingerprint density at radius 3 is 2.21 bits per heavy atom. The quantitative estimate of drug-likeness (QED) is 0.828. The van der Waals surface area contributed by atoms with Gasteiger partial charge in [-0.15, -0.1) is 0 Å². The largest absolute Gasteiger partial charge is 0.351 e. The summed E-state index contributed by atoms with van der Waals surface area (Å²) in [5, 5.41) is 2.89. The van der Waals surface area contributed by atoms with Crippen LogP contribution < -0.4 is 11.1 Å². The molecule has 0 heterocycles. The van der Waals surface area contributed by atoms with E-state index >= 15 is 0 Å². The second-order valence-corrected chi connectivity index (χ2v) is 5.85. The zero-order valence-electron chi connectivity index (χ0n) is 12.4. The molecular formula is C16H26N2O. The molecule has 1 rings (SSSR count). The number of carbonyl (C=O) groups is 1. The van der Waals surface area contributed by atoms with Crippen molar-refractivity contribution in [3.8, 4) is 0 Å². The highest BCUT2D eigenvalue weighted by atomic mass is 16.2. The Balaban J connectivity index is 2.46. The third-order valence-corrected chi connectivity index (χ3v) is 3.18. The van der Waals surface area contributed by atoms with Crippen molar-refractivity contribution in [2.45, 2.75) is 52.6 Å². The van der Waals surface area contributed by atoms with Gasteiger partial charge >= 0.3 is 0 Å². The number of nitrogens with one attached hydrogen (secondary N) is 1.